The van der Waals surface area contributed by atoms with Gasteiger partial charge in [0.05, 0.1) is 11.9 Å². The van der Waals surface area contributed by atoms with Crippen LogP contribution in [0, 0.1) is 5.92 Å². The molecule has 0 bridgehead atoms. The summed E-state index contributed by atoms with van der Waals surface area (Å²) >= 11 is 0. The van der Waals surface area contributed by atoms with Crippen LogP contribution >= 0.6 is 0 Å². The monoisotopic (exact) mass is 267 g/mol. The van der Waals surface area contributed by atoms with E-state index in [1.807, 2.05) is 23.1 Å². The van der Waals surface area contributed by atoms with Gasteiger partial charge in [0.2, 0.25) is 0 Å². The van der Waals surface area contributed by atoms with Crippen LogP contribution in [0.4, 0.5) is 11.4 Å². The Hall–Kier alpha value is -2.36. The number of carbonyl (C=O) groups is 1. The SMILES string of the molecule is CC1Cc2ccccc2N(C(=O)c2ccc(N)cn2)C1. The Kier molecular flexibility index (Phi) is 3.14. The number of hydrogen-bond acceptors (Lipinski definition) is 3. The number of nitrogens with zero attached hydrogens (tertiary/aromatic N) is 2. The van der Waals surface area contributed by atoms with Crippen LogP contribution < -0.4 is 10.6 Å². The highest BCUT2D eigenvalue weighted by molar-refractivity contribution is 6.05. The maximum absolute atomic E-state index is 12.6. The summed E-state index contributed by atoms with van der Waals surface area (Å²) in [4.78, 5) is 18.6. The molecule has 1 aromatic carbocycles. The Morgan fingerprint density at radius 2 is 2.10 bits per heavy atom. The molecule has 0 saturated heterocycles. The van der Waals surface area contributed by atoms with Gasteiger partial charge in [-0.05, 0) is 36.1 Å². The number of anilines is 2. The van der Waals surface area contributed by atoms with Crippen molar-refractivity contribution in [2.24, 2.45) is 5.92 Å². The molecule has 20 heavy (non-hydrogen) atoms. The first-order chi connectivity index (χ1) is 9.65. The fourth-order valence-electron chi connectivity index (χ4n) is 2.66. The quantitative estimate of drug-likeness (QED) is 0.863. The Morgan fingerprint density at radius 1 is 1.30 bits per heavy atom. The molecule has 4 nitrogen and oxygen atoms in total. The average molecular weight is 267 g/mol. The van der Waals surface area contributed by atoms with Crippen LogP contribution in [0.5, 0.6) is 0 Å². The first-order valence-corrected chi connectivity index (χ1v) is 6.76. The fourth-order valence-corrected chi connectivity index (χ4v) is 2.66. The Bertz CT molecular complexity index is 636. The fraction of sp³-hybridized carbons (Fsp3) is 0.250. The predicted octanol–water partition coefficient (Wildman–Crippen LogP) is 2.50. The molecule has 1 amide bonds. The van der Waals surface area contributed by atoms with Crippen LogP contribution in [0.1, 0.15) is 23.0 Å². The normalized spacial score (nSPS) is 17.6. The van der Waals surface area contributed by atoms with E-state index in [9.17, 15) is 4.79 Å². The Balaban J connectivity index is 1.97. The molecule has 3 rings (SSSR count). The first-order valence-electron chi connectivity index (χ1n) is 6.76. The molecule has 2 N–H and O–H groups in total. The van der Waals surface area contributed by atoms with E-state index in [4.69, 9.17) is 5.73 Å². The van der Waals surface area contributed by atoms with Crippen molar-refractivity contribution in [2.75, 3.05) is 17.2 Å². The van der Waals surface area contributed by atoms with Gasteiger partial charge in [-0.3, -0.25) is 4.79 Å². The molecule has 2 aromatic rings. The molecule has 0 saturated carbocycles. The van der Waals surface area contributed by atoms with Gasteiger partial charge in [-0.25, -0.2) is 4.98 Å². The lowest BCUT2D eigenvalue weighted by atomic mass is 9.93. The lowest BCUT2D eigenvalue weighted by molar-refractivity contribution is 0.0976. The molecule has 1 aliphatic heterocycles. The number of pyridine rings is 1. The van der Waals surface area contributed by atoms with Gasteiger partial charge in [0.1, 0.15) is 5.69 Å². The van der Waals surface area contributed by atoms with Crippen LogP contribution in [-0.4, -0.2) is 17.4 Å². The lowest BCUT2D eigenvalue weighted by Crippen LogP contribution is -2.39. The van der Waals surface area contributed by atoms with Crippen molar-refractivity contribution in [1.29, 1.82) is 0 Å². The van der Waals surface area contributed by atoms with E-state index in [1.165, 1.54) is 11.8 Å². The van der Waals surface area contributed by atoms with Gasteiger partial charge >= 0.3 is 0 Å². The molecule has 0 radical (unpaired) electrons. The standard InChI is InChI=1S/C16H17N3O/c1-11-8-12-4-2-3-5-15(12)19(10-11)16(20)14-7-6-13(17)9-18-14/h2-7,9,11H,8,10,17H2,1H3. The van der Waals surface area contributed by atoms with Crippen molar-refractivity contribution in [1.82, 2.24) is 4.98 Å². The summed E-state index contributed by atoms with van der Waals surface area (Å²) in [5.41, 5.74) is 8.83. The van der Waals surface area contributed by atoms with E-state index < -0.39 is 0 Å². The molecule has 0 spiro atoms. The molecule has 1 aliphatic rings. The van der Waals surface area contributed by atoms with Crippen LogP contribution in [0.15, 0.2) is 42.6 Å². The zero-order valence-electron chi connectivity index (χ0n) is 11.4. The summed E-state index contributed by atoms with van der Waals surface area (Å²) in [6, 6.07) is 11.4. The maximum Gasteiger partial charge on any atom is 0.276 e. The molecule has 0 fully saturated rings. The van der Waals surface area contributed by atoms with E-state index in [1.54, 1.807) is 12.1 Å². The minimum absolute atomic E-state index is 0.0657. The van der Waals surface area contributed by atoms with Gasteiger partial charge in [-0.2, -0.15) is 0 Å². The summed E-state index contributed by atoms with van der Waals surface area (Å²) < 4.78 is 0. The highest BCUT2D eigenvalue weighted by Gasteiger charge is 2.27. The molecular weight excluding hydrogens is 250 g/mol. The van der Waals surface area contributed by atoms with Gasteiger partial charge in [0.25, 0.3) is 5.91 Å². The highest BCUT2D eigenvalue weighted by Crippen LogP contribution is 2.30. The van der Waals surface area contributed by atoms with Gasteiger partial charge in [-0.15, -0.1) is 0 Å². The van der Waals surface area contributed by atoms with E-state index in [2.05, 4.69) is 18.0 Å². The number of nitrogen functional groups attached to an aromatic ring is 1. The Morgan fingerprint density at radius 3 is 2.85 bits per heavy atom. The summed E-state index contributed by atoms with van der Waals surface area (Å²) in [5, 5.41) is 0. The van der Waals surface area contributed by atoms with Crippen LogP contribution in [0.3, 0.4) is 0 Å². The largest absolute Gasteiger partial charge is 0.397 e. The predicted molar refractivity (Wildman–Crippen MR) is 79.6 cm³/mol. The lowest BCUT2D eigenvalue weighted by Gasteiger charge is -2.33. The molecule has 2 heterocycles. The van der Waals surface area contributed by atoms with E-state index in [0.717, 1.165) is 18.7 Å². The third kappa shape index (κ3) is 2.25. The van der Waals surface area contributed by atoms with Gasteiger partial charge in [0, 0.05) is 12.2 Å². The van der Waals surface area contributed by atoms with Gasteiger partial charge < -0.3 is 10.6 Å². The topological polar surface area (TPSA) is 59.2 Å². The molecule has 0 aliphatic carbocycles. The number of amides is 1. The molecule has 102 valence electrons. The second-order valence-corrected chi connectivity index (χ2v) is 5.33. The minimum atomic E-state index is -0.0657. The number of fused-ring (bicyclic) bond motifs is 1. The summed E-state index contributed by atoms with van der Waals surface area (Å²) in [5.74, 6) is 0.381. The van der Waals surface area contributed by atoms with Crippen molar-refractivity contribution in [3.05, 3.63) is 53.9 Å². The summed E-state index contributed by atoms with van der Waals surface area (Å²) in [6.07, 6.45) is 2.53. The van der Waals surface area contributed by atoms with Crippen molar-refractivity contribution in [3.8, 4) is 0 Å². The zero-order chi connectivity index (χ0) is 14.1. The van der Waals surface area contributed by atoms with Gasteiger partial charge in [-0.1, -0.05) is 25.1 Å². The second kappa shape index (κ2) is 4.96. The van der Waals surface area contributed by atoms with Crippen molar-refractivity contribution in [2.45, 2.75) is 13.3 Å². The molecule has 1 aromatic heterocycles. The maximum atomic E-state index is 12.6. The smallest absolute Gasteiger partial charge is 0.276 e. The first kappa shape index (κ1) is 12.7. The highest BCUT2D eigenvalue weighted by atomic mass is 16.2. The number of hydrogen-bond donors (Lipinski definition) is 1. The zero-order valence-corrected chi connectivity index (χ0v) is 11.4. The van der Waals surface area contributed by atoms with Crippen LogP contribution in [-0.2, 0) is 6.42 Å². The molecular formula is C16H17N3O. The minimum Gasteiger partial charge on any atom is -0.397 e. The second-order valence-electron chi connectivity index (χ2n) is 5.33. The van der Waals surface area contributed by atoms with E-state index in [0.29, 0.717) is 17.3 Å². The van der Waals surface area contributed by atoms with Crippen molar-refractivity contribution < 1.29 is 4.79 Å². The molecule has 1 unspecified atom stereocenters. The summed E-state index contributed by atoms with van der Waals surface area (Å²) in [7, 11) is 0. The van der Waals surface area contributed by atoms with Gasteiger partial charge in [0.15, 0.2) is 0 Å². The summed E-state index contributed by atoms with van der Waals surface area (Å²) in [6.45, 7) is 2.88. The van der Waals surface area contributed by atoms with Crippen LogP contribution in [0.2, 0.25) is 0 Å². The number of para-hydroxylation sites is 1. The van der Waals surface area contributed by atoms with E-state index >= 15 is 0 Å². The third-order valence-electron chi connectivity index (χ3n) is 3.60. The number of carbonyl (C=O) groups excluding carboxylic acids is 1. The van der Waals surface area contributed by atoms with E-state index in [-0.39, 0.29) is 5.91 Å². The third-order valence-corrected chi connectivity index (χ3v) is 3.60. The number of aromatic nitrogens is 1. The molecule has 4 heteroatoms. The van der Waals surface area contributed by atoms with Crippen LogP contribution in [0.25, 0.3) is 0 Å². The molecule has 1 atom stereocenters. The number of benzene rings is 1. The average Bonchev–Trinajstić information content (AvgIpc) is 2.46. The van der Waals surface area contributed by atoms with Crippen molar-refractivity contribution in [3.63, 3.8) is 0 Å². The number of nitrogens with two attached hydrogens (primary N) is 1. The Labute approximate surface area is 118 Å². The number of rotatable bonds is 1. The van der Waals surface area contributed by atoms with Crippen molar-refractivity contribution >= 4 is 17.3 Å².